The van der Waals surface area contributed by atoms with E-state index in [0.29, 0.717) is 0 Å². The molecule has 1 nitrogen and oxygen atoms in total. The highest BCUT2D eigenvalue weighted by Crippen LogP contribution is 2.03. The van der Waals surface area contributed by atoms with Crippen LogP contribution >= 0.6 is 0 Å². The van der Waals surface area contributed by atoms with Crippen LogP contribution in [0.1, 0.15) is 31.7 Å². The number of hydrogen-bond acceptors (Lipinski definition) is 1. The molecule has 0 amide bonds. The number of aryl methyl sites for hydroxylation is 1. The largest absolute Gasteiger partial charge is 0.316 e. The Morgan fingerprint density at radius 3 is 2.62 bits per heavy atom. The van der Waals surface area contributed by atoms with Gasteiger partial charge >= 0.3 is 0 Å². The van der Waals surface area contributed by atoms with E-state index in [-0.39, 0.29) is 0 Å². The summed E-state index contributed by atoms with van der Waals surface area (Å²) in [6.45, 7) is 4.02. The second kappa shape index (κ2) is 9.00. The molecular weight excluding hydrogens is 194 g/mol. The molecule has 0 heterocycles. The smallest absolute Gasteiger partial charge is 0.0214 e. The first-order chi connectivity index (χ1) is 7.93. The number of rotatable bonds is 7. The van der Waals surface area contributed by atoms with Crippen LogP contribution in [-0.2, 0) is 6.42 Å². The number of benzene rings is 1. The molecule has 86 valence electrons. The number of unbranched alkanes of at least 4 members (excludes halogenated alkanes) is 1. The summed E-state index contributed by atoms with van der Waals surface area (Å²) in [5.74, 6) is 5.95. The Morgan fingerprint density at radius 2 is 1.88 bits per heavy atom. The zero-order valence-corrected chi connectivity index (χ0v) is 10.1. The molecule has 0 aliphatic heterocycles. The molecule has 16 heavy (non-hydrogen) atoms. The summed E-state index contributed by atoms with van der Waals surface area (Å²) >= 11 is 0. The summed E-state index contributed by atoms with van der Waals surface area (Å²) in [7, 11) is 0. The van der Waals surface area contributed by atoms with Gasteiger partial charge in [-0.1, -0.05) is 30.3 Å². The van der Waals surface area contributed by atoms with Crippen LogP contribution < -0.4 is 5.32 Å². The predicted octanol–water partition coefficient (Wildman–Crippen LogP) is 3.01. The molecular formula is C15H21N. The van der Waals surface area contributed by atoms with Crippen LogP contribution in [0.3, 0.4) is 0 Å². The first-order valence-corrected chi connectivity index (χ1v) is 6.07. The summed E-state index contributed by atoms with van der Waals surface area (Å²) in [5.41, 5.74) is 1.44. The highest BCUT2D eigenvalue weighted by Gasteiger charge is 1.91. The topological polar surface area (TPSA) is 12.0 Å². The van der Waals surface area contributed by atoms with E-state index >= 15 is 0 Å². The van der Waals surface area contributed by atoms with Crippen molar-refractivity contribution in [2.75, 3.05) is 13.1 Å². The van der Waals surface area contributed by atoms with Gasteiger partial charge in [0.25, 0.3) is 0 Å². The van der Waals surface area contributed by atoms with Gasteiger partial charge < -0.3 is 5.32 Å². The van der Waals surface area contributed by atoms with Gasteiger partial charge in [-0.05, 0) is 38.3 Å². The molecule has 0 aromatic heterocycles. The number of nitrogens with one attached hydrogen (secondary N) is 1. The molecule has 1 heteroatoms. The van der Waals surface area contributed by atoms with Gasteiger partial charge in [0.05, 0.1) is 0 Å². The first-order valence-electron chi connectivity index (χ1n) is 6.07. The van der Waals surface area contributed by atoms with Gasteiger partial charge in [0.15, 0.2) is 0 Å². The zero-order valence-electron chi connectivity index (χ0n) is 10.1. The standard InChI is InChI=1S/C15H21N/c1-2-3-8-13-16-14-9-7-12-15-10-5-4-6-11-15/h4-6,10-11,16H,7-9,12-14H2,1H3. The quantitative estimate of drug-likeness (QED) is 0.544. The Kier molecular flexibility index (Phi) is 7.21. The Morgan fingerprint density at radius 1 is 1.06 bits per heavy atom. The minimum absolute atomic E-state index is 0.967. The average molecular weight is 215 g/mol. The average Bonchev–Trinajstić information content (AvgIpc) is 2.34. The van der Waals surface area contributed by atoms with Gasteiger partial charge in [0.1, 0.15) is 0 Å². The molecule has 0 spiro atoms. The molecule has 1 aromatic carbocycles. The zero-order chi connectivity index (χ0) is 11.5. The van der Waals surface area contributed by atoms with E-state index in [1.807, 2.05) is 6.92 Å². The second-order valence-corrected chi connectivity index (χ2v) is 3.87. The van der Waals surface area contributed by atoms with E-state index in [0.717, 1.165) is 19.5 Å². The minimum Gasteiger partial charge on any atom is -0.316 e. The Hall–Kier alpha value is -1.26. The minimum atomic E-state index is 0.967. The summed E-state index contributed by atoms with van der Waals surface area (Å²) in [5, 5.41) is 3.40. The van der Waals surface area contributed by atoms with E-state index in [1.54, 1.807) is 0 Å². The summed E-state index contributed by atoms with van der Waals surface area (Å²) in [6.07, 6.45) is 4.66. The van der Waals surface area contributed by atoms with Crippen molar-refractivity contribution in [3.63, 3.8) is 0 Å². The molecule has 0 fully saturated rings. The maximum absolute atomic E-state index is 3.40. The fraction of sp³-hybridized carbons (Fsp3) is 0.467. The van der Waals surface area contributed by atoms with Crippen LogP contribution in [0.4, 0.5) is 0 Å². The van der Waals surface area contributed by atoms with E-state index in [9.17, 15) is 0 Å². The van der Waals surface area contributed by atoms with Crippen molar-refractivity contribution in [3.05, 3.63) is 35.9 Å². The summed E-state index contributed by atoms with van der Waals surface area (Å²) in [4.78, 5) is 0. The highest BCUT2D eigenvalue weighted by atomic mass is 14.8. The molecule has 0 bridgehead atoms. The molecule has 0 saturated heterocycles. The summed E-state index contributed by atoms with van der Waals surface area (Å²) < 4.78 is 0. The van der Waals surface area contributed by atoms with Crippen LogP contribution in [0.5, 0.6) is 0 Å². The van der Waals surface area contributed by atoms with Gasteiger partial charge in [-0.2, -0.15) is 0 Å². The molecule has 1 aromatic rings. The van der Waals surface area contributed by atoms with Crippen molar-refractivity contribution in [3.8, 4) is 11.8 Å². The van der Waals surface area contributed by atoms with Crippen molar-refractivity contribution >= 4 is 0 Å². The lowest BCUT2D eigenvalue weighted by molar-refractivity contribution is 0.629. The normalized spacial score (nSPS) is 9.56. The third-order valence-corrected chi connectivity index (χ3v) is 2.52. The monoisotopic (exact) mass is 215 g/mol. The molecule has 0 aliphatic rings. The molecule has 0 radical (unpaired) electrons. The maximum atomic E-state index is 3.40. The van der Waals surface area contributed by atoms with Crippen molar-refractivity contribution in [1.82, 2.24) is 5.32 Å². The Labute approximate surface area is 99.3 Å². The van der Waals surface area contributed by atoms with Gasteiger partial charge in [-0.15, -0.1) is 11.8 Å². The summed E-state index contributed by atoms with van der Waals surface area (Å²) in [6, 6.07) is 10.7. The fourth-order valence-corrected chi connectivity index (χ4v) is 1.62. The van der Waals surface area contributed by atoms with Gasteiger partial charge in [-0.25, -0.2) is 0 Å². The lowest BCUT2D eigenvalue weighted by atomic mass is 10.1. The van der Waals surface area contributed by atoms with Gasteiger partial charge in [0.2, 0.25) is 0 Å². The van der Waals surface area contributed by atoms with Crippen molar-refractivity contribution < 1.29 is 0 Å². The number of hydrogen-bond donors (Lipinski definition) is 1. The fourth-order valence-electron chi connectivity index (χ4n) is 1.62. The van der Waals surface area contributed by atoms with Crippen LogP contribution in [0.15, 0.2) is 30.3 Å². The molecule has 1 N–H and O–H groups in total. The molecule has 0 unspecified atom stereocenters. The molecule has 1 rings (SSSR count). The van der Waals surface area contributed by atoms with Crippen molar-refractivity contribution in [2.24, 2.45) is 0 Å². The first kappa shape index (κ1) is 12.8. The van der Waals surface area contributed by atoms with Crippen molar-refractivity contribution in [1.29, 1.82) is 0 Å². The van der Waals surface area contributed by atoms with Gasteiger partial charge in [-0.3, -0.25) is 0 Å². The highest BCUT2D eigenvalue weighted by molar-refractivity contribution is 5.14. The Balaban J connectivity index is 1.94. The molecule has 0 saturated carbocycles. The van der Waals surface area contributed by atoms with E-state index in [4.69, 9.17) is 0 Å². The van der Waals surface area contributed by atoms with Crippen LogP contribution in [-0.4, -0.2) is 13.1 Å². The predicted molar refractivity (Wildman–Crippen MR) is 70.3 cm³/mol. The molecule has 0 atom stereocenters. The van der Waals surface area contributed by atoms with E-state index in [1.165, 1.54) is 24.8 Å². The SMILES string of the molecule is CC#CCCNCCCCc1ccccc1. The molecule has 0 aliphatic carbocycles. The maximum Gasteiger partial charge on any atom is 0.0214 e. The van der Waals surface area contributed by atoms with Crippen LogP contribution in [0, 0.1) is 11.8 Å². The van der Waals surface area contributed by atoms with Crippen LogP contribution in [0.25, 0.3) is 0 Å². The van der Waals surface area contributed by atoms with E-state index in [2.05, 4.69) is 47.5 Å². The Bertz CT molecular complexity index is 318. The lowest BCUT2D eigenvalue weighted by Gasteiger charge is -2.03. The third kappa shape index (κ3) is 6.27. The second-order valence-electron chi connectivity index (χ2n) is 3.87. The van der Waals surface area contributed by atoms with Gasteiger partial charge in [0, 0.05) is 13.0 Å². The van der Waals surface area contributed by atoms with Crippen molar-refractivity contribution in [2.45, 2.75) is 32.6 Å². The lowest BCUT2D eigenvalue weighted by Crippen LogP contribution is -2.16. The van der Waals surface area contributed by atoms with E-state index < -0.39 is 0 Å². The third-order valence-electron chi connectivity index (χ3n) is 2.52. The van der Waals surface area contributed by atoms with Crippen LogP contribution in [0.2, 0.25) is 0 Å².